The first-order valence-electron chi connectivity index (χ1n) is 15.3. The van der Waals surface area contributed by atoms with Crippen molar-refractivity contribution < 1.29 is 14.3 Å². The molecule has 0 radical (unpaired) electrons. The number of amides is 2. The number of rotatable bonds is 25. The van der Waals surface area contributed by atoms with Crippen LogP contribution in [0, 0.1) is 0 Å². The normalized spacial score (nSPS) is 15.1. The molecule has 1 aliphatic rings. The van der Waals surface area contributed by atoms with E-state index in [1.165, 1.54) is 96.3 Å². The lowest BCUT2D eigenvalue weighted by atomic mass is 10.0. The van der Waals surface area contributed by atoms with Gasteiger partial charge in [0.05, 0.1) is 19.8 Å². The largest absolute Gasteiger partial charge is 0.378 e. The Labute approximate surface area is 234 Å². The van der Waals surface area contributed by atoms with Crippen LogP contribution < -0.4 is 16.4 Å². The van der Waals surface area contributed by atoms with Gasteiger partial charge in [0.15, 0.2) is 0 Å². The van der Waals surface area contributed by atoms with Crippen molar-refractivity contribution in [3.05, 3.63) is 0 Å². The molecule has 0 aromatic rings. The summed E-state index contributed by atoms with van der Waals surface area (Å²) in [5.74, 6) is -0.0430. The van der Waals surface area contributed by atoms with Gasteiger partial charge in [0.1, 0.15) is 6.04 Å². The van der Waals surface area contributed by atoms with E-state index in [1.807, 2.05) is 0 Å². The van der Waals surface area contributed by atoms with E-state index in [1.54, 1.807) is 4.90 Å². The van der Waals surface area contributed by atoms with E-state index in [0.717, 1.165) is 25.8 Å². The van der Waals surface area contributed by atoms with E-state index in [2.05, 4.69) is 17.6 Å². The fourth-order valence-corrected chi connectivity index (χ4v) is 4.98. The predicted octanol–water partition coefficient (Wildman–Crippen LogP) is 5.34. The van der Waals surface area contributed by atoms with Gasteiger partial charge in [-0.3, -0.25) is 9.59 Å². The summed E-state index contributed by atoms with van der Waals surface area (Å²) in [6, 6.07) is -0.343. The lowest BCUT2D eigenvalue weighted by Crippen LogP contribution is -2.49. The summed E-state index contributed by atoms with van der Waals surface area (Å²) in [5.41, 5.74) is 5.38. The number of halogens is 1. The molecular formula is C29H59ClN4O3. The molecule has 0 aromatic heterocycles. The first-order chi connectivity index (χ1) is 17.7. The minimum absolute atomic E-state index is 0. The van der Waals surface area contributed by atoms with Gasteiger partial charge >= 0.3 is 0 Å². The first-order valence-corrected chi connectivity index (χ1v) is 15.3. The zero-order chi connectivity index (χ0) is 26.1. The average molecular weight is 547 g/mol. The number of nitrogens with one attached hydrogen (secondary N) is 2. The standard InChI is InChI=1S/C29H58N4O3.ClH/c1-2-3-4-5-6-7-8-9-10-11-12-13-14-15-16-17-21-31-26-28(34)33-23-18-19-27(33)29(35)32-22-25-36-24-20-30;/h27,31H,2-26,30H2,1H3,(H,32,35);1H/t27-;/m0./s1. The number of likely N-dealkylation sites (tertiary alicyclic amines) is 1. The average Bonchev–Trinajstić information content (AvgIpc) is 3.38. The first kappa shape index (κ1) is 36.1. The molecule has 220 valence electrons. The van der Waals surface area contributed by atoms with Gasteiger partial charge in [-0.1, -0.05) is 103 Å². The van der Waals surface area contributed by atoms with Gasteiger partial charge in [-0.15, -0.1) is 12.4 Å². The van der Waals surface area contributed by atoms with Crippen LogP contribution in [0.25, 0.3) is 0 Å². The zero-order valence-corrected chi connectivity index (χ0v) is 24.7. The molecule has 37 heavy (non-hydrogen) atoms. The summed E-state index contributed by atoms with van der Waals surface area (Å²) < 4.78 is 5.29. The van der Waals surface area contributed by atoms with Crippen LogP contribution in [-0.2, 0) is 14.3 Å². The van der Waals surface area contributed by atoms with Crippen LogP contribution in [0.3, 0.4) is 0 Å². The smallest absolute Gasteiger partial charge is 0.242 e. The Morgan fingerprint density at radius 2 is 1.35 bits per heavy atom. The molecular weight excluding hydrogens is 488 g/mol. The highest BCUT2D eigenvalue weighted by Gasteiger charge is 2.33. The third kappa shape index (κ3) is 19.8. The molecule has 0 aromatic carbocycles. The quantitative estimate of drug-likeness (QED) is 0.134. The van der Waals surface area contributed by atoms with Crippen molar-refractivity contribution >= 4 is 24.2 Å². The lowest BCUT2D eigenvalue weighted by Gasteiger charge is -2.24. The summed E-state index contributed by atoms with van der Waals surface area (Å²) in [4.78, 5) is 26.8. The maximum atomic E-state index is 12.6. The molecule has 0 aliphatic carbocycles. The summed E-state index contributed by atoms with van der Waals surface area (Å²) in [6.07, 6.45) is 23.5. The van der Waals surface area contributed by atoms with Gasteiger partial charge in [0, 0.05) is 19.6 Å². The minimum atomic E-state index is -0.343. The second-order valence-corrected chi connectivity index (χ2v) is 10.4. The van der Waals surface area contributed by atoms with E-state index in [9.17, 15) is 9.59 Å². The van der Waals surface area contributed by atoms with Crippen LogP contribution in [-0.4, -0.2) is 68.7 Å². The number of ether oxygens (including phenoxy) is 1. The maximum absolute atomic E-state index is 12.6. The fraction of sp³-hybridized carbons (Fsp3) is 0.931. The van der Waals surface area contributed by atoms with Crippen molar-refractivity contribution in [1.29, 1.82) is 0 Å². The number of nitrogens with two attached hydrogens (primary N) is 1. The summed E-state index contributed by atoms with van der Waals surface area (Å²) in [6.45, 7) is 6.01. The minimum Gasteiger partial charge on any atom is -0.378 e. The molecule has 1 rings (SSSR count). The van der Waals surface area contributed by atoms with Crippen molar-refractivity contribution in [2.24, 2.45) is 5.73 Å². The van der Waals surface area contributed by atoms with Crippen LogP contribution in [0.15, 0.2) is 0 Å². The molecule has 1 saturated heterocycles. The van der Waals surface area contributed by atoms with E-state index >= 15 is 0 Å². The number of hydrogen-bond donors (Lipinski definition) is 3. The molecule has 4 N–H and O–H groups in total. The Hall–Kier alpha value is -0.890. The number of carbonyl (C=O) groups excluding carboxylic acids is 2. The monoisotopic (exact) mass is 546 g/mol. The Morgan fingerprint density at radius 3 is 1.89 bits per heavy atom. The summed E-state index contributed by atoms with van der Waals surface area (Å²) >= 11 is 0. The molecule has 0 unspecified atom stereocenters. The Kier molecular flexibility index (Phi) is 26.1. The Balaban J connectivity index is 0.0000130. The topological polar surface area (TPSA) is 96.7 Å². The van der Waals surface area contributed by atoms with Crippen molar-refractivity contribution in [1.82, 2.24) is 15.5 Å². The zero-order valence-electron chi connectivity index (χ0n) is 23.9. The highest BCUT2D eigenvalue weighted by atomic mass is 35.5. The molecule has 2 amide bonds. The third-order valence-electron chi connectivity index (χ3n) is 7.17. The number of unbranched alkanes of at least 4 members (excludes halogenated alkanes) is 15. The Bertz CT molecular complexity index is 539. The van der Waals surface area contributed by atoms with Gasteiger partial charge in [-0.2, -0.15) is 0 Å². The van der Waals surface area contributed by atoms with Crippen LogP contribution in [0.1, 0.15) is 122 Å². The number of carbonyl (C=O) groups is 2. The highest BCUT2D eigenvalue weighted by Crippen LogP contribution is 2.17. The van der Waals surface area contributed by atoms with Crippen LogP contribution in [0.2, 0.25) is 0 Å². The number of nitrogens with zero attached hydrogens (tertiary/aromatic N) is 1. The highest BCUT2D eigenvalue weighted by molar-refractivity contribution is 5.88. The maximum Gasteiger partial charge on any atom is 0.242 e. The van der Waals surface area contributed by atoms with Crippen molar-refractivity contribution in [2.75, 3.05) is 45.9 Å². The van der Waals surface area contributed by atoms with Crippen LogP contribution in [0.5, 0.6) is 0 Å². The molecule has 0 bridgehead atoms. The molecule has 1 heterocycles. The van der Waals surface area contributed by atoms with Gasteiger partial charge in [0.2, 0.25) is 11.8 Å². The fourth-order valence-electron chi connectivity index (χ4n) is 4.98. The van der Waals surface area contributed by atoms with Gasteiger partial charge in [-0.25, -0.2) is 0 Å². The van der Waals surface area contributed by atoms with Crippen LogP contribution in [0.4, 0.5) is 0 Å². The molecule has 0 spiro atoms. The molecule has 7 nitrogen and oxygen atoms in total. The summed E-state index contributed by atoms with van der Waals surface area (Å²) in [7, 11) is 0. The third-order valence-corrected chi connectivity index (χ3v) is 7.17. The summed E-state index contributed by atoms with van der Waals surface area (Å²) in [5, 5.41) is 6.16. The molecule has 1 fully saturated rings. The van der Waals surface area contributed by atoms with Crippen LogP contribution >= 0.6 is 12.4 Å². The SMILES string of the molecule is CCCCCCCCCCCCCCCCCCNCC(=O)N1CCC[C@H]1C(=O)NCCOCCN.Cl. The molecule has 8 heteroatoms. The van der Waals surface area contributed by atoms with E-state index in [4.69, 9.17) is 10.5 Å². The number of hydrogen-bond acceptors (Lipinski definition) is 5. The lowest BCUT2D eigenvalue weighted by molar-refractivity contribution is -0.137. The van der Waals surface area contributed by atoms with Crippen molar-refractivity contribution in [3.8, 4) is 0 Å². The van der Waals surface area contributed by atoms with Gasteiger partial charge in [-0.05, 0) is 25.8 Å². The molecule has 0 saturated carbocycles. The van der Waals surface area contributed by atoms with Gasteiger partial charge < -0.3 is 26.0 Å². The van der Waals surface area contributed by atoms with Gasteiger partial charge in [0.25, 0.3) is 0 Å². The van der Waals surface area contributed by atoms with Crippen molar-refractivity contribution in [2.45, 2.75) is 129 Å². The second kappa shape index (κ2) is 26.7. The predicted molar refractivity (Wildman–Crippen MR) is 157 cm³/mol. The van der Waals surface area contributed by atoms with Crippen molar-refractivity contribution in [3.63, 3.8) is 0 Å². The second-order valence-electron chi connectivity index (χ2n) is 10.4. The molecule has 1 aliphatic heterocycles. The Morgan fingerprint density at radius 1 is 0.811 bits per heavy atom. The van der Waals surface area contributed by atoms with E-state index in [-0.39, 0.29) is 30.3 Å². The van der Waals surface area contributed by atoms with E-state index < -0.39 is 0 Å². The molecule has 1 atom stereocenters. The van der Waals surface area contributed by atoms with E-state index in [0.29, 0.717) is 39.4 Å².